The van der Waals surface area contributed by atoms with Crippen molar-refractivity contribution in [3.63, 3.8) is 0 Å². The molecule has 0 atom stereocenters. The number of ether oxygens (including phenoxy) is 1. The molecule has 3 heterocycles. The van der Waals surface area contributed by atoms with Crippen molar-refractivity contribution in [2.24, 2.45) is 5.41 Å². The minimum absolute atomic E-state index is 0.244. The summed E-state index contributed by atoms with van der Waals surface area (Å²) >= 11 is 0. The number of para-hydroxylation sites is 1. The molecule has 1 aliphatic heterocycles. The zero-order valence-corrected chi connectivity index (χ0v) is 21.3. The van der Waals surface area contributed by atoms with Crippen molar-refractivity contribution in [3.8, 4) is 22.8 Å². The second-order valence-electron chi connectivity index (χ2n) is 11.4. The number of likely N-dealkylation sites (tertiary alicyclic amines) is 1. The molecule has 1 saturated carbocycles. The van der Waals surface area contributed by atoms with E-state index in [-0.39, 0.29) is 5.54 Å². The van der Waals surface area contributed by atoms with Crippen molar-refractivity contribution in [3.05, 3.63) is 60.9 Å². The first-order chi connectivity index (χ1) is 17.3. The molecule has 36 heavy (non-hydrogen) atoms. The minimum atomic E-state index is 0.244. The number of nitrogen functional groups attached to an aromatic ring is 1. The standard InChI is InChI=1S/C29H34N6O/c1-28(2,3)34-15-13-29(14-16-34)17-21(18-29)35-27-24(26(30)31-19-32-27)25(33-35)20-9-11-23(12-10-20)36-22-7-5-4-6-8-22/h4-12,19,21H,13-18H2,1-3H3,(H2,30,31,32). The lowest BCUT2D eigenvalue weighted by molar-refractivity contribution is -0.0329. The number of piperidine rings is 1. The maximum absolute atomic E-state index is 6.36. The largest absolute Gasteiger partial charge is 0.457 e. The zero-order valence-electron chi connectivity index (χ0n) is 21.3. The van der Waals surface area contributed by atoms with Crippen LogP contribution in [-0.2, 0) is 0 Å². The van der Waals surface area contributed by atoms with E-state index in [1.54, 1.807) is 6.33 Å². The summed E-state index contributed by atoms with van der Waals surface area (Å²) in [6, 6.07) is 18.1. The molecule has 2 aromatic heterocycles. The molecule has 1 spiro atoms. The van der Waals surface area contributed by atoms with Gasteiger partial charge in [0.1, 0.15) is 29.3 Å². The van der Waals surface area contributed by atoms with Gasteiger partial charge in [-0.2, -0.15) is 5.10 Å². The van der Waals surface area contributed by atoms with Crippen molar-refractivity contribution in [1.29, 1.82) is 0 Å². The Morgan fingerprint density at radius 2 is 1.58 bits per heavy atom. The molecular weight excluding hydrogens is 448 g/mol. The van der Waals surface area contributed by atoms with Gasteiger partial charge < -0.3 is 10.5 Å². The summed E-state index contributed by atoms with van der Waals surface area (Å²) in [6.07, 6.45) is 6.36. The van der Waals surface area contributed by atoms with Crippen molar-refractivity contribution in [2.75, 3.05) is 18.8 Å². The number of aromatic nitrogens is 4. The van der Waals surface area contributed by atoms with Gasteiger partial charge in [-0.05, 0) is 101 Å². The van der Waals surface area contributed by atoms with Gasteiger partial charge in [0, 0.05) is 11.1 Å². The van der Waals surface area contributed by atoms with Crippen LogP contribution in [-0.4, -0.2) is 43.3 Å². The molecule has 1 saturated heterocycles. The highest BCUT2D eigenvalue weighted by Gasteiger charge is 2.48. The first-order valence-electron chi connectivity index (χ1n) is 12.9. The molecule has 4 aromatic rings. The van der Waals surface area contributed by atoms with Gasteiger partial charge in [0.2, 0.25) is 0 Å². The van der Waals surface area contributed by atoms with Crippen molar-refractivity contribution < 1.29 is 4.74 Å². The van der Waals surface area contributed by atoms with E-state index in [4.69, 9.17) is 15.6 Å². The monoisotopic (exact) mass is 482 g/mol. The van der Waals surface area contributed by atoms with Gasteiger partial charge in [-0.25, -0.2) is 14.6 Å². The Bertz CT molecular complexity index is 1360. The molecule has 186 valence electrons. The van der Waals surface area contributed by atoms with Gasteiger partial charge >= 0.3 is 0 Å². The second-order valence-corrected chi connectivity index (χ2v) is 11.4. The Hall–Kier alpha value is -3.45. The van der Waals surface area contributed by atoms with Gasteiger partial charge in [0.15, 0.2) is 5.65 Å². The Morgan fingerprint density at radius 3 is 2.25 bits per heavy atom. The predicted octanol–water partition coefficient (Wildman–Crippen LogP) is 6.08. The summed E-state index contributed by atoms with van der Waals surface area (Å²) < 4.78 is 8.07. The molecule has 0 amide bonds. The molecule has 7 nitrogen and oxygen atoms in total. The van der Waals surface area contributed by atoms with E-state index >= 15 is 0 Å². The SMILES string of the molecule is CC(C)(C)N1CCC2(CC1)CC(n1nc(-c3ccc(Oc4ccccc4)cc3)c3c(N)ncnc31)C2. The minimum Gasteiger partial charge on any atom is -0.457 e. The third-order valence-electron chi connectivity index (χ3n) is 8.08. The van der Waals surface area contributed by atoms with Crippen LogP contribution in [0.4, 0.5) is 5.82 Å². The lowest BCUT2D eigenvalue weighted by atomic mass is 9.60. The smallest absolute Gasteiger partial charge is 0.164 e. The Morgan fingerprint density at radius 1 is 0.917 bits per heavy atom. The average Bonchev–Trinajstić information content (AvgIpc) is 3.24. The molecular formula is C29H34N6O. The van der Waals surface area contributed by atoms with Gasteiger partial charge in [-0.1, -0.05) is 18.2 Å². The van der Waals surface area contributed by atoms with E-state index in [9.17, 15) is 0 Å². The predicted molar refractivity (Wildman–Crippen MR) is 143 cm³/mol. The molecule has 0 radical (unpaired) electrons. The fourth-order valence-electron chi connectivity index (χ4n) is 5.93. The highest BCUT2D eigenvalue weighted by molar-refractivity contribution is 5.98. The maximum Gasteiger partial charge on any atom is 0.164 e. The normalized spacial score (nSPS) is 18.4. The summed E-state index contributed by atoms with van der Waals surface area (Å²) in [6.45, 7) is 9.30. The third-order valence-corrected chi connectivity index (χ3v) is 8.08. The van der Waals surface area contributed by atoms with E-state index in [2.05, 4.69) is 40.3 Å². The lowest BCUT2D eigenvalue weighted by Crippen LogP contribution is -2.52. The number of anilines is 1. The van der Waals surface area contributed by atoms with Crippen LogP contribution in [0, 0.1) is 5.41 Å². The zero-order chi connectivity index (χ0) is 24.9. The van der Waals surface area contributed by atoms with Crippen molar-refractivity contribution in [2.45, 2.75) is 58.0 Å². The molecule has 0 bridgehead atoms. The maximum atomic E-state index is 6.36. The summed E-state index contributed by atoms with van der Waals surface area (Å²) in [4.78, 5) is 11.5. The Kier molecular flexibility index (Phi) is 5.48. The quantitative estimate of drug-likeness (QED) is 0.379. The van der Waals surface area contributed by atoms with E-state index in [0.717, 1.165) is 46.6 Å². The van der Waals surface area contributed by atoms with E-state index < -0.39 is 0 Å². The molecule has 1 aliphatic carbocycles. The molecule has 2 fully saturated rings. The highest BCUT2D eigenvalue weighted by Crippen LogP contribution is 2.55. The van der Waals surface area contributed by atoms with Crippen LogP contribution in [0.1, 0.15) is 52.5 Å². The molecule has 2 aliphatic rings. The topological polar surface area (TPSA) is 82.1 Å². The van der Waals surface area contributed by atoms with E-state index in [0.29, 0.717) is 17.3 Å². The number of benzene rings is 2. The number of fused-ring (bicyclic) bond motifs is 1. The van der Waals surface area contributed by atoms with Crippen LogP contribution >= 0.6 is 0 Å². The molecule has 6 rings (SSSR count). The van der Waals surface area contributed by atoms with Gasteiger partial charge in [0.05, 0.1) is 11.4 Å². The van der Waals surface area contributed by atoms with Gasteiger partial charge in [-0.3, -0.25) is 4.90 Å². The first-order valence-corrected chi connectivity index (χ1v) is 12.9. The molecule has 2 N–H and O–H groups in total. The lowest BCUT2D eigenvalue weighted by Gasteiger charge is -2.54. The van der Waals surface area contributed by atoms with E-state index in [1.807, 2.05) is 54.6 Å². The fraction of sp³-hybridized carbons (Fsp3) is 0.414. The van der Waals surface area contributed by atoms with Gasteiger partial charge in [-0.15, -0.1) is 0 Å². The number of nitrogens with two attached hydrogens (primary N) is 1. The average molecular weight is 483 g/mol. The van der Waals surface area contributed by atoms with Crippen molar-refractivity contribution >= 4 is 16.9 Å². The Labute approximate surface area is 212 Å². The van der Waals surface area contributed by atoms with Crippen molar-refractivity contribution in [1.82, 2.24) is 24.6 Å². The highest BCUT2D eigenvalue weighted by atomic mass is 16.5. The third kappa shape index (κ3) is 4.11. The van der Waals surface area contributed by atoms with Crippen LogP contribution < -0.4 is 10.5 Å². The molecule has 0 unspecified atom stereocenters. The Balaban J connectivity index is 1.25. The van der Waals surface area contributed by atoms with Crippen LogP contribution in [0.25, 0.3) is 22.3 Å². The molecule has 7 heteroatoms. The number of hydrogen-bond donors (Lipinski definition) is 1. The van der Waals surface area contributed by atoms with Gasteiger partial charge in [0.25, 0.3) is 0 Å². The van der Waals surface area contributed by atoms with Crippen LogP contribution in [0.15, 0.2) is 60.9 Å². The summed E-state index contributed by atoms with van der Waals surface area (Å²) in [5, 5.41) is 5.90. The number of nitrogens with zero attached hydrogens (tertiary/aromatic N) is 5. The van der Waals surface area contributed by atoms with Crippen LogP contribution in [0.2, 0.25) is 0 Å². The molecule has 2 aromatic carbocycles. The van der Waals surface area contributed by atoms with E-state index in [1.165, 1.54) is 25.9 Å². The summed E-state index contributed by atoms with van der Waals surface area (Å²) in [7, 11) is 0. The first kappa shape index (κ1) is 23.0. The summed E-state index contributed by atoms with van der Waals surface area (Å²) in [5.41, 5.74) is 9.67. The number of hydrogen-bond acceptors (Lipinski definition) is 6. The fourth-order valence-corrected chi connectivity index (χ4v) is 5.93. The second kappa shape index (κ2) is 8.59. The van der Waals surface area contributed by atoms with Crippen LogP contribution in [0.3, 0.4) is 0 Å². The van der Waals surface area contributed by atoms with Crippen LogP contribution in [0.5, 0.6) is 11.5 Å². The number of rotatable bonds is 4. The summed E-state index contributed by atoms with van der Waals surface area (Å²) in [5.74, 6) is 2.06.